The molecule has 0 aromatic heterocycles. The van der Waals surface area contributed by atoms with Crippen LogP contribution in [-0.2, 0) is 0 Å². The largest absolute Gasteiger partial charge is 0.305 e. The van der Waals surface area contributed by atoms with Gasteiger partial charge >= 0.3 is 0 Å². The first-order valence-electron chi connectivity index (χ1n) is 7.49. The molecule has 0 bridgehead atoms. The van der Waals surface area contributed by atoms with Gasteiger partial charge in [0.2, 0.25) is 0 Å². The zero-order valence-electron chi connectivity index (χ0n) is 13.3. The van der Waals surface area contributed by atoms with Crippen LogP contribution in [0.1, 0.15) is 45.7 Å². The molecule has 1 saturated heterocycles. The summed E-state index contributed by atoms with van der Waals surface area (Å²) < 4.78 is 13.1. The van der Waals surface area contributed by atoms with Crippen LogP contribution in [0.3, 0.4) is 0 Å². The van der Waals surface area contributed by atoms with Crippen molar-refractivity contribution in [2.45, 2.75) is 52.2 Å². The molecule has 3 heteroatoms. The Morgan fingerprint density at radius 3 is 2.30 bits per heavy atom. The van der Waals surface area contributed by atoms with Gasteiger partial charge in [0.05, 0.1) is 0 Å². The molecule has 1 heterocycles. The van der Waals surface area contributed by atoms with Gasteiger partial charge in [0, 0.05) is 24.7 Å². The molecule has 0 amide bonds. The van der Waals surface area contributed by atoms with Gasteiger partial charge in [0.1, 0.15) is 5.82 Å². The molecule has 2 nitrogen and oxygen atoms in total. The van der Waals surface area contributed by atoms with Crippen molar-refractivity contribution in [2.24, 2.45) is 5.41 Å². The van der Waals surface area contributed by atoms with Crippen molar-refractivity contribution in [3.05, 3.63) is 35.6 Å². The van der Waals surface area contributed by atoms with E-state index in [1.807, 2.05) is 12.1 Å². The molecular formula is C17H27FN2. The van der Waals surface area contributed by atoms with Gasteiger partial charge in [-0.3, -0.25) is 0 Å². The summed E-state index contributed by atoms with van der Waals surface area (Å²) in [4.78, 5) is 2.39. The summed E-state index contributed by atoms with van der Waals surface area (Å²) in [5, 5.41) is 3.79. The highest BCUT2D eigenvalue weighted by Crippen LogP contribution is 2.34. The van der Waals surface area contributed by atoms with Gasteiger partial charge < -0.3 is 10.2 Å². The van der Waals surface area contributed by atoms with E-state index in [-0.39, 0.29) is 17.3 Å². The zero-order valence-corrected chi connectivity index (χ0v) is 13.3. The smallest absolute Gasteiger partial charge is 0.123 e. The Morgan fingerprint density at radius 2 is 1.85 bits per heavy atom. The van der Waals surface area contributed by atoms with Crippen LogP contribution in [0.4, 0.5) is 4.39 Å². The monoisotopic (exact) mass is 278 g/mol. The molecule has 0 spiro atoms. The number of rotatable bonds is 3. The van der Waals surface area contributed by atoms with Gasteiger partial charge in [0.15, 0.2) is 0 Å². The van der Waals surface area contributed by atoms with Gasteiger partial charge in [-0.25, -0.2) is 4.39 Å². The third kappa shape index (κ3) is 3.58. The minimum absolute atomic E-state index is 0.0994. The highest BCUT2D eigenvalue weighted by atomic mass is 19.1. The molecule has 1 aliphatic heterocycles. The predicted molar refractivity (Wildman–Crippen MR) is 82.2 cm³/mol. The second-order valence-electron chi connectivity index (χ2n) is 7.24. The quantitative estimate of drug-likeness (QED) is 0.909. The summed E-state index contributed by atoms with van der Waals surface area (Å²) in [5.41, 5.74) is 1.27. The molecule has 3 atom stereocenters. The zero-order chi connectivity index (χ0) is 14.9. The fourth-order valence-electron chi connectivity index (χ4n) is 3.05. The van der Waals surface area contributed by atoms with Crippen molar-refractivity contribution in [3.8, 4) is 0 Å². The molecule has 2 rings (SSSR count). The van der Waals surface area contributed by atoms with Crippen LogP contribution >= 0.6 is 0 Å². The van der Waals surface area contributed by atoms with Crippen LogP contribution in [0, 0.1) is 11.2 Å². The lowest BCUT2D eigenvalue weighted by atomic mass is 9.82. The van der Waals surface area contributed by atoms with Gasteiger partial charge in [-0.05, 0) is 43.5 Å². The molecule has 1 aliphatic rings. The van der Waals surface area contributed by atoms with Crippen LogP contribution in [0.15, 0.2) is 24.3 Å². The fourth-order valence-corrected chi connectivity index (χ4v) is 3.05. The van der Waals surface area contributed by atoms with Crippen molar-refractivity contribution >= 4 is 0 Å². The summed E-state index contributed by atoms with van der Waals surface area (Å²) in [6, 6.07) is 8.29. The normalized spacial score (nSPS) is 25.9. The average Bonchev–Trinajstić information content (AvgIpc) is 2.66. The number of likely N-dealkylation sites (N-methyl/N-ethyl adjacent to an activating group) is 1. The molecule has 112 valence electrons. The van der Waals surface area contributed by atoms with Crippen molar-refractivity contribution in [1.82, 2.24) is 10.2 Å². The van der Waals surface area contributed by atoms with Gasteiger partial charge in [-0.15, -0.1) is 0 Å². The number of likely N-dealkylation sites (tertiary alicyclic amines) is 1. The maximum Gasteiger partial charge on any atom is 0.123 e. The van der Waals surface area contributed by atoms with E-state index >= 15 is 0 Å². The summed E-state index contributed by atoms with van der Waals surface area (Å²) >= 11 is 0. The number of nitrogens with zero attached hydrogens (tertiary/aromatic N) is 1. The lowest BCUT2D eigenvalue weighted by Gasteiger charge is -2.34. The number of nitrogens with one attached hydrogen (secondary N) is 1. The molecule has 0 aliphatic carbocycles. The van der Waals surface area contributed by atoms with Crippen LogP contribution < -0.4 is 5.32 Å². The first kappa shape index (κ1) is 15.5. The highest BCUT2D eigenvalue weighted by molar-refractivity contribution is 5.22. The van der Waals surface area contributed by atoms with E-state index < -0.39 is 0 Å². The lowest BCUT2D eigenvalue weighted by Crippen LogP contribution is -2.40. The minimum atomic E-state index is -0.171. The first-order valence-corrected chi connectivity index (χ1v) is 7.49. The van der Waals surface area contributed by atoms with Crippen LogP contribution in [0.2, 0.25) is 0 Å². The Kier molecular flexibility index (Phi) is 4.50. The molecule has 1 N–H and O–H groups in total. The Balaban J connectivity index is 2.15. The third-order valence-electron chi connectivity index (χ3n) is 4.36. The van der Waals surface area contributed by atoms with Gasteiger partial charge in [0.25, 0.3) is 0 Å². The van der Waals surface area contributed by atoms with E-state index in [4.69, 9.17) is 0 Å². The molecule has 3 unspecified atom stereocenters. The van der Waals surface area contributed by atoms with Crippen molar-refractivity contribution in [3.63, 3.8) is 0 Å². The number of hydrogen-bond acceptors (Lipinski definition) is 2. The SMILES string of the molecule is CC1CC(NC(c2ccc(F)cc2)C(C)(C)C)CN1C. The van der Waals surface area contributed by atoms with E-state index in [0.29, 0.717) is 12.1 Å². The Morgan fingerprint density at radius 1 is 1.25 bits per heavy atom. The van der Waals surface area contributed by atoms with Crippen LogP contribution in [-0.4, -0.2) is 30.6 Å². The predicted octanol–water partition coefficient (Wildman–Crippen LogP) is 3.60. The highest BCUT2D eigenvalue weighted by Gasteiger charge is 2.32. The second-order valence-corrected chi connectivity index (χ2v) is 7.24. The van der Waals surface area contributed by atoms with Crippen molar-refractivity contribution < 1.29 is 4.39 Å². The molecule has 20 heavy (non-hydrogen) atoms. The fraction of sp³-hybridized carbons (Fsp3) is 0.647. The Bertz CT molecular complexity index is 425. The Hall–Kier alpha value is -0.930. The van der Waals surface area contributed by atoms with E-state index in [2.05, 4.69) is 45.0 Å². The first-order chi connectivity index (χ1) is 9.27. The Labute approximate surface area is 122 Å². The van der Waals surface area contributed by atoms with E-state index in [1.165, 1.54) is 12.0 Å². The number of hydrogen-bond donors (Lipinski definition) is 1. The molecule has 1 aromatic rings. The average molecular weight is 278 g/mol. The molecule has 0 radical (unpaired) electrons. The summed E-state index contributed by atoms with van der Waals surface area (Å²) in [6.07, 6.45) is 1.17. The maximum atomic E-state index is 13.1. The summed E-state index contributed by atoms with van der Waals surface area (Å²) in [6.45, 7) is 10.0. The van der Waals surface area contributed by atoms with Gasteiger partial charge in [-0.1, -0.05) is 32.9 Å². The second kappa shape index (κ2) is 5.82. The van der Waals surface area contributed by atoms with Gasteiger partial charge in [-0.2, -0.15) is 0 Å². The molecule has 0 saturated carbocycles. The number of benzene rings is 1. The van der Waals surface area contributed by atoms with E-state index in [9.17, 15) is 4.39 Å². The number of halogens is 1. The molecule has 1 fully saturated rings. The summed E-state index contributed by atoms with van der Waals surface area (Å²) in [5.74, 6) is -0.171. The van der Waals surface area contributed by atoms with E-state index in [1.54, 1.807) is 12.1 Å². The molecule has 1 aromatic carbocycles. The maximum absolute atomic E-state index is 13.1. The summed E-state index contributed by atoms with van der Waals surface area (Å²) in [7, 11) is 2.18. The molecular weight excluding hydrogens is 251 g/mol. The van der Waals surface area contributed by atoms with Crippen LogP contribution in [0.25, 0.3) is 0 Å². The standard InChI is InChI=1S/C17H27FN2/c1-12-10-15(11-20(12)5)19-16(17(2,3)4)13-6-8-14(18)9-7-13/h6-9,12,15-16,19H,10-11H2,1-5H3. The van der Waals surface area contributed by atoms with E-state index in [0.717, 1.165) is 6.54 Å². The lowest BCUT2D eigenvalue weighted by molar-refractivity contribution is 0.247. The minimum Gasteiger partial charge on any atom is -0.305 e. The third-order valence-corrected chi connectivity index (χ3v) is 4.36. The van der Waals surface area contributed by atoms with Crippen molar-refractivity contribution in [1.29, 1.82) is 0 Å². The van der Waals surface area contributed by atoms with Crippen LogP contribution in [0.5, 0.6) is 0 Å². The van der Waals surface area contributed by atoms with Crippen molar-refractivity contribution in [2.75, 3.05) is 13.6 Å². The topological polar surface area (TPSA) is 15.3 Å².